The summed E-state index contributed by atoms with van der Waals surface area (Å²) < 4.78 is 0. The van der Waals surface area contributed by atoms with Crippen molar-refractivity contribution >= 4 is 11.6 Å². The van der Waals surface area contributed by atoms with Gasteiger partial charge in [0.1, 0.15) is 5.70 Å². The summed E-state index contributed by atoms with van der Waals surface area (Å²) in [5.74, 6) is 1.03. The first-order valence-corrected chi connectivity index (χ1v) is 8.79. The van der Waals surface area contributed by atoms with Gasteiger partial charge in [-0.15, -0.1) is 0 Å². The van der Waals surface area contributed by atoms with Crippen LogP contribution in [-0.2, 0) is 4.79 Å². The highest BCUT2D eigenvalue weighted by atomic mass is 16.1. The van der Waals surface area contributed by atoms with E-state index < -0.39 is 0 Å². The van der Waals surface area contributed by atoms with Crippen molar-refractivity contribution in [3.05, 3.63) is 11.3 Å². The third-order valence-corrected chi connectivity index (χ3v) is 5.06. The molecule has 0 aromatic carbocycles. The molecule has 0 radical (unpaired) electrons. The smallest absolute Gasteiger partial charge is 0.267 e. The molecule has 4 nitrogen and oxygen atoms in total. The van der Waals surface area contributed by atoms with Gasteiger partial charge in [-0.2, -0.15) is 0 Å². The Kier molecular flexibility index (Phi) is 6.18. The van der Waals surface area contributed by atoms with E-state index >= 15 is 0 Å². The number of likely N-dealkylation sites (N-methyl/N-ethyl adjacent to an activating group) is 1. The van der Waals surface area contributed by atoms with Crippen molar-refractivity contribution in [3.63, 3.8) is 0 Å². The lowest BCUT2D eigenvalue weighted by Gasteiger charge is -2.26. The topological polar surface area (TPSA) is 58.7 Å². The van der Waals surface area contributed by atoms with Crippen LogP contribution in [0.3, 0.4) is 0 Å². The van der Waals surface area contributed by atoms with Gasteiger partial charge in [-0.25, -0.2) is 0 Å². The number of nitrogens with zero attached hydrogens (tertiary/aromatic N) is 2. The summed E-state index contributed by atoms with van der Waals surface area (Å²) in [5.41, 5.74) is 8.43. The standard InChI is InChI=1S/C18H31N3O/c1-4-5-10-21(3)12-15-11-16(20-17(15)18(19)22)14-8-6-13(2)7-9-14/h13-14H,4-12H2,1-3H3,(H2,19,22). The molecular weight excluding hydrogens is 274 g/mol. The van der Waals surface area contributed by atoms with Crippen LogP contribution in [0.5, 0.6) is 0 Å². The molecule has 22 heavy (non-hydrogen) atoms. The van der Waals surface area contributed by atoms with Crippen LogP contribution >= 0.6 is 0 Å². The Bertz CT molecular complexity index is 459. The van der Waals surface area contributed by atoms with Crippen LogP contribution < -0.4 is 5.73 Å². The van der Waals surface area contributed by atoms with Crippen molar-refractivity contribution in [2.45, 2.75) is 58.8 Å². The Morgan fingerprint density at radius 2 is 2.00 bits per heavy atom. The molecule has 2 N–H and O–H groups in total. The number of hydrogen-bond acceptors (Lipinski definition) is 3. The predicted octanol–water partition coefficient (Wildman–Crippen LogP) is 3.13. The molecular formula is C18H31N3O. The zero-order chi connectivity index (χ0) is 16.1. The number of nitrogens with two attached hydrogens (primary N) is 1. The van der Waals surface area contributed by atoms with Crippen molar-refractivity contribution in [3.8, 4) is 0 Å². The van der Waals surface area contributed by atoms with Gasteiger partial charge in [-0.05, 0) is 50.3 Å². The van der Waals surface area contributed by atoms with E-state index in [2.05, 4.69) is 30.8 Å². The van der Waals surface area contributed by atoms with Crippen LogP contribution in [-0.4, -0.2) is 36.7 Å². The number of rotatable bonds is 7. The molecule has 1 fully saturated rings. The molecule has 0 aromatic heterocycles. The second-order valence-corrected chi connectivity index (χ2v) is 7.14. The lowest BCUT2D eigenvalue weighted by molar-refractivity contribution is -0.114. The second kappa shape index (κ2) is 7.91. The summed E-state index contributed by atoms with van der Waals surface area (Å²) in [6.07, 6.45) is 8.21. The van der Waals surface area contributed by atoms with E-state index in [0.717, 1.165) is 31.0 Å². The average molecular weight is 305 g/mol. The largest absolute Gasteiger partial charge is 0.364 e. The Hall–Kier alpha value is -1.16. The Labute approximate surface area is 134 Å². The van der Waals surface area contributed by atoms with Crippen LogP contribution in [0.1, 0.15) is 58.8 Å². The summed E-state index contributed by atoms with van der Waals surface area (Å²) in [7, 11) is 2.11. The molecule has 0 saturated heterocycles. The average Bonchev–Trinajstić information content (AvgIpc) is 2.90. The molecule has 1 saturated carbocycles. The minimum atomic E-state index is -0.363. The highest BCUT2D eigenvalue weighted by molar-refractivity contribution is 6.02. The molecule has 0 unspecified atom stereocenters. The maximum atomic E-state index is 11.7. The molecule has 2 rings (SSSR count). The number of hydrogen-bond donors (Lipinski definition) is 1. The van der Waals surface area contributed by atoms with Gasteiger partial charge < -0.3 is 10.6 Å². The van der Waals surface area contributed by atoms with E-state index in [9.17, 15) is 4.79 Å². The van der Waals surface area contributed by atoms with Gasteiger partial charge in [0.25, 0.3) is 5.91 Å². The van der Waals surface area contributed by atoms with Crippen LogP contribution in [0.25, 0.3) is 0 Å². The molecule has 1 aliphatic carbocycles. The maximum absolute atomic E-state index is 11.7. The fraction of sp³-hybridized carbons (Fsp3) is 0.778. The molecule has 2 aliphatic rings. The van der Waals surface area contributed by atoms with Gasteiger partial charge in [0.2, 0.25) is 0 Å². The van der Waals surface area contributed by atoms with Gasteiger partial charge in [0.05, 0.1) is 0 Å². The zero-order valence-electron chi connectivity index (χ0n) is 14.4. The van der Waals surface area contributed by atoms with Crippen LogP contribution in [0.2, 0.25) is 0 Å². The number of aliphatic imine (C=N–C) groups is 1. The van der Waals surface area contributed by atoms with Crippen molar-refractivity contribution in [2.75, 3.05) is 20.1 Å². The number of carbonyl (C=O) groups is 1. The van der Waals surface area contributed by atoms with Crippen LogP contribution in [0.15, 0.2) is 16.3 Å². The summed E-state index contributed by atoms with van der Waals surface area (Å²) in [5, 5.41) is 0. The molecule has 124 valence electrons. The van der Waals surface area contributed by atoms with Gasteiger partial charge in [-0.3, -0.25) is 9.79 Å². The number of carbonyl (C=O) groups excluding carboxylic acids is 1. The SMILES string of the molecule is CCCCN(C)CC1=C(C(N)=O)N=C(C2CCC(C)CC2)C1. The van der Waals surface area contributed by atoms with E-state index in [-0.39, 0.29) is 5.91 Å². The minimum absolute atomic E-state index is 0.363. The van der Waals surface area contributed by atoms with Crippen LogP contribution in [0, 0.1) is 11.8 Å². The number of amides is 1. The third-order valence-electron chi connectivity index (χ3n) is 5.06. The zero-order valence-corrected chi connectivity index (χ0v) is 14.4. The number of primary amides is 1. The number of unbranched alkanes of at least 4 members (excludes halogenated alkanes) is 1. The highest BCUT2D eigenvalue weighted by Crippen LogP contribution is 2.34. The normalized spacial score (nSPS) is 25.7. The Morgan fingerprint density at radius 3 is 2.59 bits per heavy atom. The minimum Gasteiger partial charge on any atom is -0.364 e. The van der Waals surface area contributed by atoms with E-state index in [0.29, 0.717) is 11.6 Å². The van der Waals surface area contributed by atoms with Gasteiger partial charge in [0.15, 0.2) is 0 Å². The highest BCUT2D eigenvalue weighted by Gasteiger charge is 2.29. The molecule has 1 amide bonds. The van der Waals surface area contributed by atoms with Crippen LogP contribution in [0.4, 0.5) is 0 Å². The van der Waals surface area contributed by atoms with Crippen molar-refractivity contribution in [2.24, 2.45) is 22.6 Å². The van der Waals surface area contributed by atoms with Crippen molar-refractivity contribution < 1.29 is 4.79 Å². The quantitative estimate of drug-likeness (QED) is 0.785. The first-order valence-electron chi connectivity index (χ1n) is 8.79. The van der Waals surface area contributed by atoms with E-state index in [4.69, 9.17) is 5.73 Å². The van der Waals surface area contributed by atoms with Gasteiger partial charge >= 0.3 is 0 Å². The first kappa shape index (κ1) is 17.2. The predicted molar refractivity (Wildman–Crippen MR) is 91.8 cm³/mol. The maximum Gasteiger partial charge on any atom is 0.267 e. The first-order chi connectivity index (χ1) is 10.5. The Balaban J connectivity index is 1.99. The lowest BCUT2D eigenvalue weighted by Crippen LogP contribution is -2.25. The lowest BCUT2D eigenvalue weighted by atomic mass is 9.79. The summed E-state index contributed by atoms with van der Waals surface area (Å²) in [6, 6.07) is 0. The molecule has 0 bridgehead atoms. The fourth-order valence-electron chi connectivity index (χ4n) is 3.59. The molecule has 1 heterocycles. The molecule has 1 aliphatic heterocycles. The molecule has 4 heteroatoms. The third kappa shape index (κ3) is 4.42. The molecule has 0 spiro atoms. The fourth-order valence-corrected chi connectivity index (χ4v) is 3.59. The van der Waals surface area contributed by atoms with Crippen molar-refractivity contribution in [1.29, 1.82) is 0 Å². The van der Waals surface area contributed by atoms with E-state index in [1.807, 2.05) is 0 Å². The molecule has 0 aromatic rings. The second-order valence-electron chi connectivity index (χ2n) is 7.14. The monoisotopic (exact) mass is 305 g/mol. The Morgan fingerprint density at radius 1 is 1.32 bits per heavy atom. The van der Waals surface area contributed by atoms with Gasteiger partial charge in [0, 0.05) is 18.7 Å². The van der Waals surface area contributed by atoms with E-state index in [1.54, 1.807) is 0 Å². The summed E-state index contributed by atoms with van der Waals surface area (Å²) in [6.45, 7) is 6.40. The van der Waals surface area contributed by atoms with Crippen molar-refractivity contribution in [1.82, 2.24) is 4.90 Å². The molecule has 0 atom stereocenters. The summed E-state index contributed by atoms with van der Waals surface area (Å²) in [4.78, 5) is 18.7. The van der Waals surface area contributed by atoms with Gasteiger partial charge in [-0.1, -0.05) is 33.1 Å². The summed E-state index contributed by atoms with van der Waals surface area (Å²) >= 11 is 0. The van der Waals surface area contributed by atoms with E-state index in [1.165, 1.54) is 44.2 Å².